The first-order valence-corrected chi connectivity index (χ1v) is 2.93. The lowest BCUT2D eigenvalue weighted by Gasteiger charge is -1.70. The molecule has 0 saturated carbocycles. The summed E-state index contributed by atoms with van der Waals surface area (Å²) in [4.78, 5) is 9.92. The third kappa shape index (κ3) is 0.869. The first-order chi connectivity index (χ1) is 3.83. The van der Waals surface area contributed by atoms with Crippen LogP contribution in [0.5, 0.6) is 5.06 Å². The Morgan fingerprint density at radius 2 is 2.50 bits per heavy atom. The van der Waals surface area contributed by atoms with Crippen LogP contribution in [0.15, 0.2) is 11.4 Å². The Labute approximate surface area is 50.4 Å². The van der Waals surface area contributed by atoms with Crippen LogP contribution < -0.4 is 0 Å². The maximum Gasteiger partial charge on any atom is 0.171 e. The van der Waals surface area contributed by atoms with E-state index in [1.807, 2.05) is 0 Å². The summed E-state index contributed by atoms with van der Waals surface area (Å²) < 4.78 is 0. The molecule has 0 aromatic carbocycles. The molecule has 8 heavy (non-hydrogen) atoms. The van der Waals surface area contributed by atoms with Gasteiger partial charge < -0.3 is 5.11 Å². The van der Waals surface area contributed by atoms with Gasteiger partial charge in [0.15, 0.2) is 11.3 Å². The van der Waals surface area contributed by atoms with Crippen molar-refractivity contribution in [3.8, 4) is 5.06 Å². The summed E-state index contributed by atoms with van der Waals surface area (Å²) in [5.74, 6) is 0. The molecule has 42 valence electrons. The number of aromatic hydroxyl groups is 1. The number of carbonyl (C=O) groups excluding carboxylic acids is 1. The fourth-order valence-electron chi connectivity index (χ4n) is 0.401. The summed E-state index contributed by atoms with van der Waals surface area (Å²) in [5.41, 5.74) is 0.535. The second-order valence-electron chi connectivity index (χ2n) is 1.34. The van der Waals surface area contributed by atoms with Crippen LogP contribution in [0.25, 0.3) is 0 Å². The summed E-state index contributed by atoms with van der Waals surface area (Å²) in [5, 5.41) is 10.4. The van der Waals surface area contributed by atoms with Gasteiger partial charge in [-0.25, -0.2) is 0 Å². The maximum absolute atomic E-state index is 9.92. The van der Waals surface area contributed by atoms with Gasteiger partial charge in [-0.2, -0.15) is 0 Å². The molecule has 1 aromatic rings. The molecule has 1 rings (SSSR count). The van der Waals surface area contributed by atoms with Crippen molar-refractivity contribution in [3.05, 3.63) is 17.0 Å². The standard InChI is InChI=1S/C5H4O2S/c6-2-4-1-5(7)8-3-4/h1-3,7H. The smallest absolute Gasteiger partial charge is 0.171 e. The Morgan fingerprint density at radius 3 is 2.75 bits per heavy atom. The van der Waals surface area contributed by atoms with E-state index < -0.39 is 0 Å². The van der Waals surface area contributed by atoms with E-state index in [-0.39, 0.29) is 5.06 Å². The Morgan fingerprint density at radius 1 is 1.75 bits per heavy atom. The molecule has 3 heteroatoms. The second kappa shape index (κ2) is 1.96. The quantitative estimate of drug-likeness (QED) is 0.578. The van der Waals surface area contributed by atoms with Gasteiger partial charge in [-0.15, -0.1) is 11.3 Å². The first kappa shape index (κ1) is 5.31. The summed E-state index contributed by atoms with van der Waals surface area (Å²) >= 11 is 1.15. The number of hydrogen-bond donors (Lipinski definition) is 1. The summed E-state index contributed by atoms with van der Waals surface area (Å²) in [6.07, 6.45) is 0.705. The number of carbonyl (C=O) groups is 1. The lowest BCUT2D eigenvalue weighted by molar-refractivity contribution is 0.112. The lowest BCUT2D eigenvalue weighted by Crippen LogP contribution is -1.65. The zero-order valence-electron chi connectivity index (χ0n) is 4.00. The molecule has 0 aliphatic heterocycles. The molecular weight excluding hydrogens is 124 g/mol. The Hall–Kier alpha value is -0.830. The predicted molar refractivity (Wildman–Crippen MR) is 31.4 cm³/mol. The SMILES string of the molecule is O=Cc1csc(O)c1. The van der Waals surface area contributed by atoms with E-state index in [9.17, 15) is 4.79 Å². The van der Waals surface area contributed by atoms with Gasteiger partial charge in [0, 0.05) is 17.0 Å². The molecule has 0 spiro atoms. The van der Waals surface area contributed by atoms with Gasteiger partial charge >= 0.3 is 0 Å². The monoisotopic (exact) mass is 128 g/mol. The maximum atomic E-state index is 9.92. The van der Waals surface area contributed by atoms with Crippen molar-refractivity contribution in [1.29, 1.82) is 0 Å². The van der Waals surface area contributed by atoms with E-state index in [1.54, 1.807) is 5.38 Å². The Kier molecular flexibility index (Phi) is 1.30. The highest BCUT2D eigenvalue weighted by atomic mass is 32.1. The first-order valence-electron chi connectivity index (χ1n) is 2.05. The number of hydrogen-bond acceptors (Lipinski definition) is 3. The molecule has 0 aliphatic carbocycles. The van der Waals surface area contributed by atoms with Crippen LogP contribution in [0.1, 0.15) is 10.4 Å². The van der Waals surface area contributed by atoms with E-state index in [0.29, 0.717) is 11.8 Å². The molecule has 0 atom stereocenters. The molecular formula is C5H4O2S. The fourth-order valence-corrected chi connectivity index (χ4v) is 0.985. The van der Waals surface area contributed by atoms with Crippen molar-refractivity contribution in [1.82, 2.24) is 0 Å². The molecule has 0 saturated heterocycles. The fraction of sp³-hybridized carbons (Fsp3) is 0. The summed E-state index contributed by atoms with van der Waals surface area (Å²) in [6.45, 7) is 0. The van der Waals surface area contributed by atoms with Crippen LogP contribution in [0.3, 0.4) is 0 Å². The van der Waals surface area contributed by atoms with Crippen molar-refractivity contribution in [2.75, 3.05) is 0 Å². The minimum atomic E-state index is 0.187. The van der Waals surface area contributed by atoms with Crippen LogP contribution in [-0.4, -0.2) is 11.4 Å². The van der Waals surface area contributed by atoms with Gasteiger partial charge in [0.1, 0.15) is 0 Å². The van der Waals surface area contributed by atoms with Crippen LogP contribution in [0, 0.1) is 0 Å². The van der Waals surface area contributed by atoms with Gasteiger partial charge in [-0.1, -0.05) is 0 Å². The van der Waals surface area contributed by atoms with E-state index in [1.165, 1.54) is 6.07 Å². The molecule has 1 aromatic heterocycles. The third-order valence-corrected chi connectivity index (χ3v) is 1.49. The molecule has 0 unspecified atom stereocenters. The van der Waals surface area contributed by atoms with Crippen LogP contribution in [0.2, 0.25) is 0 Å². The Bertz CT molecular complexity index is 192. The van der Waals surface area contributed by atoms with E-state index in [2.05, 4.69) is 0 Å². The van der Waals surface area contributed by atoms with Crippen molar-refractivity contribution in [3.63, 3.8) is 0 Å². The van der Waals surface area contributed by atoms with E-state index >= 15 is 0 Å². The third-order valence-electron chi connectivity index (χ3n) is 0.742. The molecule has 1 heterocycles. The van der Waals surface area contributed by atoms with E-state index in [4.69, 9.17) is 5.11 Å². The van der Waals surface area contributed by atoms with Crippen molar-refractivity contribution in [2.45, 2.75) is 0 Å². The molecule has 0 fully saturated rings. The summed E-state index contributed by atoms with van der Waals surface area (Å²) in [7, 11) is 0. The largest absolute Gasteiger partial charge is 0.499 e. The zero-order valence-corrected chi connectivity index (χ0v) is 4.81. The molecule has 0 aliphatic rings. The molecule has 1 N–H and O–H groups in total. The van der Waals surface area contributed by atoms with Gasteiger partial charge in [-0.05, 0) is 0 Å². The highest BCUT2D eigenvalue weighted by Crippen LogP contribution is 2.18. The van der Waals surface area contributed by atoms with Crippen molar-refractivity contribution >= 4 is 17.6 Å². The van der Waals surface area contributed by atoms with Gasteiger partial charge in [-0.3, -0.25) is 4.79 Å². The zero-order chi connectivity index (χ0) is 5.98. The minimum absolute atomic E-state index is 0.187. The van der Waals surface area contributed by atoms with Gasteiger partial charge in [0.25, 0.3) is 0 Å². The normalized spacial score (nSPS) is 9.00. The van der Waals surface area contributed by atoms with Crippen LogP contribution in [0.4, 0.5) is 0 Å². The number of aldehydes is 1. The van der Waals surface area contributed by atoms with Gasteiger partial charge in [0.2, 0.25) is 0 Å². The van der Waals surface area contributed by atoms with Crippen molar-refractivity contribution in [2.24, 2.45) is 0 Å². The average molecular weight is 128 g/mol. The highest BCUT2D eigenvalue weighted by Gasteiger charge is 1.92. The topological polar surface area (TPSA) is 37.3 Å². The highest BCUT2D eigenvalue weighted by molar-refractivity contribution is 7.12. The van der Waals surface area contributed by atoms with Gasteiger partial charge in [0.05, 0.1) is 0 Å². The van der Waals surface area contributed by atoms with Crippen LogP contribution in [-0.2, 0) is 0 Å². The minimum Gasteiger partial charge on any atom is -0.499 e. The average Bonchev–Trinajstić information content (AvgIpc) is 2.14. The number of rotatable bonds is 1. The molecule has 2 nitrogen and oxygen atoms in total. The predicted octanol–water partition coefficient (Wildman–Crippen LogP) is 1.27. The van der Waals surface area contributed by atoms with Crippen LogP contribution >= 0.6 is 11.3 Å². The summed E-state index contributed by atoms with van der Waals surface area (Å²) in [6, 6.07) is 1.43. The Balaban J connectivity index is 3.00. The number of thiophene rings is 1. The molecule has 0 radical (unpaired) electrons. The second-order valence-corrected chi connectivity index (χ2v) is 2.23. The lowest BCUT2D eigenvalue weighted by atomic mass is 10.4. The van der Waals surface area contributed by atoms with E-state index in [0.717, 1.165) is 11.3 Å². The van der Waals surface area contributed by atoms with Crippen molar-refractivity contribution < 1.29 is 9.90 Å². The molecule has 0 amide bonds. The molecule has 0 bridgehead atoms.